The first-order valence-corrected chi connectivity index (χ1v) is 4.92. The second-order valence-corrected chi connectivity index (χ2v) is 3.47. The second-order valence-electron chi connectivity index (χ2n) is 2.59. The summed E-state index contributed by atoms with van der Waals surface area (Å²) < 4.78 is 37.0. The molecule has 0 unspecified atom stereocenters. The van der Waals surface area contributed by atoms with Crippen LogP contribution in [0.3, 0.4) is 0 Å². The first-order chi connectivity index (χ1) is 6.47. The third kappa shape index (κ3) is 2.55. The number of hydrogen-bond acceptors (Lipinski definition) is 3. The molecule has 0 fully saturated rings. The van der Waals surface area contributed by atoms with Gasteiger partial charge >= 0.3 is 6.18 Å². The molecule has 0 radical (unpaired) electrons. The Morgan fingerprint density at radius 1 is 1.29 bits per heavy atom. The molecular formula is C8H9F3N2S. The number of nitrogen functional groups attached to an aromatic ring is 1. The largest absolute Gasteiger partial charge is 0.416 e. The van der Waals surface area contributed by atoms with Gasteiger partial charge in [-0.15, -0.1) is 11.8 Å². The van der Waals surface area contributed by atoms with Crippen molar-refractivity contribution in [2.75, 3.05) is 11.7 Å². The van der Waals surface area contributed by atoms with Crippen LogP contribution in [0.1, 0.15) is 5.56 Å². The van der Waals surface area contributed by atoms with E-state index in [1.165, 1.54) is 11.8 Å². The number of hydrazine groups is 1. The average Bonchev–Trinajstić information content (AvgIpc) is 2.15. The summed E-state index contributed by atoms with van der Waals surface area (Å²) in [6, 6.07) is 3.62. The van der Waals surface area contributed by atoms with E-state index in [-0.39, 0.29) is 5.69 Å². The van der Waals surface area contributed by atoms with E-state index in [4.69, 9.17) is 5.84 Å². The fourth-order valence-electron chi connectivity index (χ4n) is 0.964. The Bertz CT molecular complexity index is 303. The summed E-state index contributed by atoms with van der Waals surface area (Å²) in [7, 11) is 0. The highest BCUT2D eigenvalue weighted by molar-refractivity contribution is 7.98. The molecule has 0 aliphatic rings. The van der Waals surface area contributed by atoms with Crippen molar-refractivity contribution in [2.45, 2.75) is 11.1 Å². The van der Waals surface area contributed by atoms with E-state index in [2.05, 4.69) is 5.43 Å². The maximum Gasteiger partial charge on any atom is 0.416 e. The zero-order chi connectivity index (χ0) is 10.8. The lowest BCUT2D eigenvalue weighted by Gasteiger charge is -2.10. The number of rotatable bonds is 2. The van der Waals surface area contributed by atoms with Crippen LogP contribution >= 0.6 is 11.8 Å². The minimum atomic E-state index is -4.34. The van der Waals surface area contributed by atoms with Gasteiger partial charge in [-0.1, -0.05) is 0 Å². The van der Waals surface area contributed by atoms with Crippen LogP contribution in [0, 0.1) is 0 Å². The van der Waals surface area contributed by atoms with E-state index in [1.807, 2.05) is 0 Å². The number of halogens is 3. The average molecular weight is 222 g/mol. The summed E-state index contributed by atoms with van der Waals surface area (Å²) in [6.45, 7) is 0. The first-order valence-electron chi connectivity index (χ1n) is 3.70. The highest BCUT2D eigenvalue weighted by atomic mass is 32.2. The van der Waals surface area contributed by atoms with Gasteiger partial charge in [0.15, 0.2) is 0 Å². The fraction of sp³-hybridized carbons (Fsp3) is 0.250. The van der Waals surface area contributed by atoms with Gasteiger partial charge in [-0.05, 0) is 24.5 Å². The van der Waals surface area contributed by atoms with E-state index in [9.17, 15) is 13.2 Å². The Labute approximate surface area is 83.6 Å². The van der Waals surface area contributed by atoms with Crippen molar-refractivity contribution in [3.05, 3.63) is 23.8 Å². The van der Waals surface area contributed by atoms with E-state index >= 15 is 0 Å². The number of anilines is 1. The lowest BCUT2D eigenvalue weighted by molar-refractivity contribution is -0.137. The molecule has 0 aromatic heterocycles. The van der Waals surface area contributed by atoms with Gasteiger partial charge in [0.25, 0.3) is 0 Å². The molecule has 0 saturated heterocycles. The third-order valence-corrected chi connectivity index (χ3v) is 2.34. The summed E-state index contributed by atoms with van der Waals surface area (Å²) in [6.07, 6.45) is -2.63. The summed E-state index contributed by atoms with van der Waals surface area (Å²) >= 11 is 1.23. The van der Waals surface area contributed by atoms with Crippen LogP contribution in [0.4, 0.5) is 18.9 Å². The van der Waals surface area contributed by atoms with Crippen molar-refractivity contribution in [2.24, 2.45) is 5.84 Å². The van der Waals surface area contributed by atoms with Gasteiger partial charge in [-0.2, -0.15) is 13.2 Å². The van der Waals surface area contributed by atoms with Crippen LogP contribution in [0.2, 0.25) is 0 Å². The van der Waals surface area contributed by atoms with Crippen LogP contribution in [-0.4, -0.2) is 6.26 Å². The van der Waals surface area contributed by atoms with Gasteiger partial charge in [0.05, 0.1) is 11.3 Å². The lowest BCUT2D eigenvalue weighted by atomic mass is 10.2. The van der Waals surface area contributed by atoms with Gasteiger partial charge in [0.2, 0.25) is 0 Å². The molecule has 0 spiro atoms. The molecule has 6 heteroatoms. The molecule has 1 rings (SSSR count). The topological polar surface area (TPSA) is 38.0 Å². The SMILES string of the molecule is CSc1cc(NN)cc(C(F)(F)F)c1. The van der Waals surface area contributed by atoms with Crippen molar-refractivity contribution in [3.8, 4) is 0 Å². The fourth-order valence-corrected chi connectivity index (χ4v) is 1.45. The number of nitrogens with two attached hydrogens (primary N) is 1. The molecule has 0 amide bonds. The van der Waals surface area contributed by atoms with Crippen LogP contribution in [-0.2, 0) is 6.18 Å². The number of nitrogens with one attached hydrogen (secondary N) is 1. The summed E-state index contributed by atoms with van der Waals surface area (Å²) in [5.74, 6) is 5.06. The Morgan fingerprint density at radius 2 is 1.93 bits per heavy atom. The van der Waals surface area contributed by atoms with Crippen molar-refractivity contribution >= 4 is 17.4 Å². The van der Waals surface area contributed by atoms with Crippen LogP contribution in [0.25, 0.3) is 0 Å². The maximum absolute atomic E-state index is 12.3. The molecule has 0 atom stereocenters. The van der Waals surface area contributed by atoms with Crippen LogP contribution < -0.4 is 11.3 Å². The van der Waals surface area contributed by atoms with Crippen molar-refractivity contribution in [1.82, 2.24) is 0 Å². The smallest absolute Gasteiger partial charge is 0.324 e. The minimum Gasteiger partial charge on any atom is -0.324 e. The van der Waals surface area contributed by atoms with Gasteiger partial charge < -0.3 is 5.43 Å². The molecule has 2 nitrogen and oxygen atoms in total. The molecule has 0 aliphatic heterocycles. The maximum atomic E-state index is 12.3. The first kappa shape index (κ1) is 11.2. The molecule has 0 saturated carbocycles. The Balaban J connectivity index is 3.17. The molecular weight excluding hydrogens is 213 g/mol. The van der Waals surface area contributed by atoms with Crippen molar-refractivity contribution in [3.63, 3.8) is 0 Å². The number of benzene rings is 1. The predicted molar refractivity (Wildman–Crippen MR) is 51.0 cm³/mol. The molecule has 78 valence electrons. The highest BCUT2D eigenvalue weighted by Crippen LogP contribution is 2.33. The van der Waals surface area contributed by atoms with E-state index in [0.29, 0.717) is 4.90 Å². The van der Waals surface area contributed by atoms with E-state index in [0.717, 1.165) is 12.1 Å². The Kier molecular flexibility index (Phi) is 3.28. The minimum absolute atomic E-state index is 0.254. The van der Waals surface area contributed by atoms with Gasteiger partial charge in [0, 0.05) is 4.90 Å². The van der Waals surface area contributed by atoms with E-state index in [1.54, 1.807) is 12.3 Å². The summed E-state index contributed by atoms with van der Waals surface area (Å²) in [5.41, 5.74) is 1.76. The Morgan fingerprint density at radius 3 is 2.36 bits per heavy atom. The molecule has 0 aliphatic carbocycles. The zero-order valence-corrected chi connectivity index (χ0v) is 8.17. The van der Waals surface area contributed by atoms with E-state index < -0.39 is 11.7 Å². The molecule has 0 bridgehead atoms. The molecule has 14 heavy (non-hydrogen) atoms. The quantitative estimate of drug-likeness (QED) is 0.459. The normalized spacial score (nSPS) is 11.5. The number of thioether (sulfide) groups is 1. The van der Waals surface area contributed by atoms with Gasteiger partial charge in [-0.3, -0.25) is 5.84 Å². The predicted octanol–water partition coefficient (Wildman–Crippen LogP) is 2.71. The molecule has 1 aromatic carbocycles. The zero-order valence-electron chi connectivity index (χ0n) is 7.35. The van der Waals surface area contributed by atoms with Crippen LogP contribution in [0.5, 0.6) is 0 Å². The van der Waals surface area contributed by atoms with Gasteiger partial charge in [0.1, 0.15) is 0 Å². The molecule has 3 N–H and O–H groups in total. The van der Waals surface area contributed by atoms with Crippen molar-refractivity contribution < 1.29 is 13.2 Å². The second kappa shape index (κ2) is 4.10. The third-order valence-electron chi connectivity index (χ3n) is 1.64. The highest BCUT2D eigenvalue weighted by Gasteiger charge is 2.31. The van der Waals surface area contributed by atoms with Gasteiger partial charge in [-0.25, -0.2) is 0 Å². The number of alkyl halides is 3. The van der Waals surface area contributed by atoms with Crippen molar-refractivity contribution in [1.29, 1.82) is 0 Å². The summed E-state index contributed by atoms with van der Waals surface area (Å²) in [5, 5.41) is 0. The Hall–Kier alpha value is -0.880. The lowest BCUT2D eigenvalue weighted by Crippen LogP contribution is -2.10. The number of hydrogen-bond donors (Lipinski definition) is 2. The molecule has 1 aromatic rings. The molecule has 0 heterocycles. The standard InChI is InChI=1S/C8H9F3N2S/c1-14-7-3-5(8(9,10)11)2-6(4-7)13-12/h2-4,13H,12H2,1H3. The van der Waals surface area contributed by atoms with Crippen LogP contribution in [0.15, 0.2) is 23.1 Å². The monoisotopic (exact) mass is 222 g/mol. The summed E-state index contributed by atoms with van der Waals surface area (Å²) in [4.78, 5) is 0.521.